The Morgan fingerprint density at radius 3 is 2.78 bits per heavy atom. The molecule has 1 atom stereocenters. The molecule has 5 nitrogen and oxygen atoms in total. The van der Waals surface area contributed by atoms with E-state index >= 15 is 0 Å². The van der Waals surface area contributed by atoms with Gasteiger partial charge in [-0.3, -0.25) is 9.80 Å². The van der Waals surface area contributed by atoms with E-state index < -0.39 is 11.8 Å². The smallest absolute Gasteiger partial charge is 0.319 e. The molecule has 1 saturated heterocycles. The fourth-order valence-corrected chi connectivity index (χ4v) is 3.42. The second kappa shape index (κ2) is 8.89. The summed E-state index contributed by atoms with van der Waals surface area (Å²) in [6, 6.07) is 10.7. The normalized spacial score (nSPS) is 17.7. The Labute approximate surface area is 167 Å². The molecule has 1 fully saturated rings. The number of amides is 2. The van der Waals surface area contributed by atoms with E-state index in [0.29, 0.717) is 35.4 Å². The maximum atomic E-state index is 13.5. The van der Waals surface area contributed by atoms with Crippen LogP contribution in [0.1, 0.15) is 5.56 Å². The molecule has 0 spiro atoms. The minimum absolute atomic E-state index is 0.239. The SMILES string of the molecule is NC(=O)N(CC1CN(Cc2ccc(Cl)c(Cl)c2)CCO1)c1cccc(F)c1. The fraction of sp³-hybridized carbons (Fsp3) is 0.316. The Hall–Kier alpha value is -1.86. The van der Waals surface area contributed by atoms with Gasteiger partial charge in [0.1, 0.15) is 5.82 Å². The Balaban J connectivity index is 1.65. The number of hydrogen-bond acceptors (Lipinski definition) is 3. The predicted molar refractivity (Wildman–Crippen MR) is 105 cm³/mol. The Morgan fingerprint density at radius 2 is 2.07 bits per heavy atom. The van der Waals surface area contributed by atoms with Crippen molar-refractivity contribution in [3.05, 3.63) is 63.9 Å². The highest BCUT2D eigenvalue weighted by atomic mass is 35.5. The van der Waals surface area contributed by atoms with Crippen molar-refractivity contribution in [2.45, 2.75) is 12.6 Å². The Morgan fingerprint density at radius 1 is 1.26 bits per heavy atom. The lowest BCUT2D eigenvalue weighted by Crippen LogP contribution is -2.49. The van der Waals surface area contributed by atoms with Gasteiger partial charge in [0, 0.05) is 25.3 Å². The molecule has 1 heterocycles. The van der Waals surface area contributed by atoms with Gasteiger partial charge in [-0.25, -0.2) is 9.18 Å². The Kier molecular flexibility index (Phi) is 6.55. The number of ether oxygens (including phenoxy) is 1. The first-order valence-corrected chi connectivity index (χ1v) is 9.28. The van der Waals surface area contributed by atoms with Crippen molar-refractivity contribution >= 4 is 34.9 Å². The zero-order valence-electron chi connectivity index (χ0n) is 14.6. The van der Waals surface area contributed by atoms with Crippen molar-refractivity contribution in [1.82, 2.24) is 4.90 Å². The summed E-state index contributed by atoms with van der Waals surface area (Å²) in [6.07, 6.45) is -0.239. The lowest BCUT2D eigenvalue weighted by Gasteiger charge is -2.35. The lowest BCUT2D eigenvalue weighted by molar-refractivity contribution is -0.0261. The van der Waals surface area contributed by atoms with E-state index in [-0.39, 0.29) is 12.6 Å². The van der Waals surface area contributed by atoms with Crippen LogP contribution in [0.2, 0.25) is 10.0 Å². The second-order valence-electron chi connectivity index (χ2n) is 6.41. The maximum Gasteiger partial charge on any atom is 0.319 e. The van der Waals surface area contributed by atoms with Gasteiger partial charge in [0.15, 0.2) is 0 Å². The molecule has 0 aliphatic carbocycles. The average molecular weight is 412 g/mol. The molecule has 144 valence electrons. The van der Waals surface area contributed by atoms with E-state index in [1.54, 1.807) is 18.2 Å². The first-order valence-electron chi connectivity index (χ1n) is 8.53. The predicted octanol–water partition coefficient (Wildman–Crippen LogP) is 3.92. The number of halogens is 3. The van der Waals surface area contributed by atoms with Gasteiger partial charge in [0.2, 0.25) is 0 Å². The minimum Gasteiger partial charge on any atom is -0.374 e. The molecule has 2 N–H and O–H groups in total. The third-order valence-electron chi connectivity index (χ3n) is 4.39. The van der Waals surface area contributed by atoms with E-state index in [9.17, 15) is 9.18 Å². The van der Waals surface area contributed by atoms with Gasteiger partial charge < -0.3 is 10.5 Å². The van der Waals surface area contributed by atoms with E-state index in [1.165, 1.54) is 17.0 Å². The molecule has 3 rings (SSSR count). The standard InChI is InChI=1S/C19H20Cl2FN3O2/c20-17-5-4-13(8-18(17)21)10-24-6-7-27-16(11-24)12-25(19(23)26)15-3-1-2-14(22)9-15/h1-5,8-9,16H,6-7,10-12H2,(H2,23,26). The van der Waals surface area contributed by atoms with Gasteiger partial charge in [-0.05, 0) is 35.9 Å². The summed E-state index contributed by atoms with van der Waals surface area (Å²) in [4.78, 5) is 15.4. The van der Waals surface area contributed by atoms with Crippen LogP contribution in [-0.2, 0) is 11.3 Å². The van der Waals surface area contributed by atoms with Crippen LogP contribution in [0.3, 0.4) is 0 Å². The number of nitrogens with two attached hydrogens (primary N) is 1. The topological polar surface area (TPSA) is 58.8 Å². The van der Waals surface area contributed by atoms with Gasteiger partial charge in [0.05, 0.1) is 29.3 Å². The third kappa shape index (κ3) is 5.32. The molecule has 2 aromatic rings. The fourth-order valence-electron chi connectivity index (χ4n) is 3.10. The van der Waals surface area contributed by atoms with Crippen LogP contribution in [0.25, 0.3) is 0 Å². The molecule has 1 aliphatic rings. The molecular weight excluding hydrogens is 392 g/mol. The zero-order valence-corrected chi connectivity index (χ0v) is 16.1. The number of carbonyl (C=O) groups excluding carboxylic acids is 1. The van der Waals surface area contributed by atoms with E-state index in [4.69, 9.17) is 33.7 Å². The molecule has 0 aromatic heterocycles. The number of benzene rings is 2. The van der Waals surface area contributed by atoms with E-state index in [1.807, 2.05) is 12.1 Å². The Bertz CT molecular complexity index is 821. The van der Waals surface area contributed by atoms with Crippen molar-refractivity contribution in [1.29, 1.82) is 0 Å². The number of nitrogens with zero attached hydrogens (tertiary/aromatic N) is 2. The quantitative estimate of drug-likeness (QED) is 0.810. The van der Waals surface area contributed by atoms with Crippen LogP contribution in [0.4, 0.5) is 14.9 Å². The maximum absolute atomic E-state index is 13.5. The van der Waals surface area contributed by atoms with Gasteiger partial charge in [-0.2, -0.15) is 0 Å². The van der Waals surface area contributed by atoms with Crippen molar-refractivity contribution in [2.75, 3.05) is 31.1 Å². The van der Waals surface area contributed by atoms with Crippen LogP contribution in [-0.4, -0.2) is 43.3 Å². The highest BCUT2D eigenvalue weighted by Gasteiger charge is 2.25. The van der Waals surface area contributed by atoms with Crippen molar-refractivity contribution in [2.24, 2.45) is 5.73 Å². The lowest BCUT2D eigenvalue weighted by atomic mass is 10.1. The monoisotopic (exact) mass is 411 g/mol. The largest absolute Gasteiger partial charge is 0.374 e. The number of anilines is 1. The molecule has 1 unspecified atom stereocenters. The van der Waals surface area contributed by atoms with Crippen molar-refractivity contribution < 1.29 is 13.9 Å². The molecule has 27 heavy (non-hydrogen) atoms. The first-order chi connectivity index (χ1) is 12.9. The van der Waals surface area contributed by atoms with E-state index in [2.05, 4.69) is 4.90 Å². The van der Waals surface area contributed by atoms with Crippen LogP contribution in [0.5, 0.6) is 0 Å². The molecular formula is C19H20Cl2FN3O2. The van der Waals surface area contributed by atoms with Gasteiger partial charge in [-0.1, -0.05) is 35.3 Å². The molecule has 2 amide bonds. The number of primary amides is 1. The van der Waals surface area contributed by atoms with Gasteiger partial charge in [0.25, 0.3) is 0 Å². The summed E-state index contributed by atoms with van der Waals surface area (Å²) in [7, 11) is 0. The summed E-state index contributed by atoms with van der Waals surface area (Å²) in [6.45, 7) is 2.83. The van der Waals surface area contributed by atoms with Crippen LogP contribution >= 0.6 is 23.2 Å². The molecule has 2 aromatic carbocycles. The van der Waals surface area contributed by atoms with Crippen LogP contribution in [0.15, 0.2) is 42.5 Å². The highest BCUT2D eigenvalue weighted by Crippen LogP contribution is 2.24. The van der Waals surface area contributed by atoms with Crippen molar-refractivity contribution in [3.63, 3.8) is 0 Å². The highest BCUT2D eigenvalue weighted by molar-refractivity contribution is 6.42. The van der Waals surface area contributed by atoms with Crippen LogP contribution in [0, 0.1) is 5.82 Å². The molecule has 1 aliphatic heterocycles. The average Bonchev–Trinajstić information content (AvgIpc) is 2.63. The number of urea groups is 1. The number of hydrogen-bond donors (Lipinski definition) is 1. The number of rotatable bonds is 5. The molecule has 0 saturated carbocycles. The minimum atomic E-state index is -0.647. The van der Waals surface area contributed by atoms with Gasteiger partial charge >= 0.3 is 6.03 Å². The van der Waals surface area contributed by atoms with Crippen LogP contribution < -0.4 is 10.6 Å². The van der Waals surface area contributed by atoms with Crippen molar-refractivity contribution in [3.8, 4) is 0 Å². The summed E-state index contributed by atoms with van der Waals surface area (Å²) in [5.41, 5.74) is 6.95. The van der Waals surface area contributed by atoms with Gasteiger partial charge in [-0.15, -0.1) is 0 Å². The second-order valence-corrected chi connectivity index (χ2v) is 7.22. The molecule has 0 bridgehead atoms. The summed E-state index contributed by atoms with van der Waals surface area (Å²) in [5.74, 6) is -0.426. The molecule has 8 heteroatoms. The number of carbonyl (C=O) groups is 1. The summed E-state index contributed by atoms with van der Waals surface area (Å²) in [5, 5.41) is 1.04. The molecule has 0 radical (unpaired) electrons. The third-order valence-corrected chi connectivity index (χ3v) is 5.12. The van der Waals surface area contributed by atoms with E-state index in [0.717, 1.165) is 12.1 Å². The summed E-state index contributed by atoms with van der Waals surface area (Å²) < 4.78 is 19.3. The number of morpholine rings is 1. The first kappa shape index (κ1) is 19.9. The zero-order chi connectivity index (χ0) is 19.4. The summed E-state index contributed by atoms with van der Waals surface area (Å²) >= 11 is 12.0.